The van der Waals surface area contributed by atoms with E-state index < -0.39 is 11.1 Å². The van der Waals surface area contributed by atoms with Crippen molar-refractivity contribution in [3.8, 4) is 5.75 Å². The van der Waals surface area contributed by atoms with E-state index in [9.17, 15) is 14.4 Å². The third-order valence-electron chi connectivity index (χ3n) is 5.24. The molecule has 1 heterocycles. The van der Waals surface area contributed by atoms with Gasteiger partial charge in [0.1, 0.15) is 11.8 Å². The van der Waals surface area contributed by atoms with E-state index in [2.05, 4.69) is 10.3 Å². The first kappa shape index (κ1) is 21.3. The Morgan fingerprint density at radius 1 is 1.17 bits per heavy atom. The number of ether oxygens (including phenoxy) is 1. The van der Waals surface area contributed by atoms with Crippen LogP contribution < -0.4 is 26.1 Å². The molecule has 1 aromatic heterocycles. The molecule has 0 radical (unpaired) electrons. The van der Waals surface area contributed by atoms with Gasteiger partial charge in [0.25, 0.3) is 5.91 Å². The minimum Gasteiger partial charge on any atom is -0.497 e. The lowest BCUT2D eigenvalue weighted by molar-refractivity contribution is -0.890. The maximum atomic E-state index is 12.8. The number of nitrogens with zero attached hydrogens (tertiary/aromatic N) is 1. The third-order valence-corrected chi connectivity index (χ3v) is 5.24. The van der Waals surface area contributed by atoms with E-state index in [1.54, 1.807) is 32.2 Å². The lowest BCUT2D eigenvalue weighted by Gasteiger charge is -2.22. The van der Waals surface area contributed by atoms with Crippen LogP contribution >= 0.6 is 0 Å². The van der Waals surface area contributed by atoms with Gasteiger partial charge in [0, 0.05) is 17.7 Å². The van der Waals surface area contributed by atoms with E-state index in [0.717, 1.165) is 11.3 Å². The first-order chi connectivity index (χ1) is 14.3. The Balaban J connectivity index is 1.82. The van der Waals surface area contributed by atoms with Crippen LogP contribution in [-0.2, 0) is 6.54 Å². The summed E-state index contributed by atoms with van der Waals surface area (Å²) in [5.41, 5.74) is 1.26. The molecule has 1 atom stereocenters. The molecule has 3 rings (SSSR count). The number of aromatic nitrogens is 2. The number of likely N-dealkylation sites (N-methyl/N-ethyl adjacent to an activating group) is 1. The van der Waals surface area contributed by atoms with Crippen LogP contribution in [0.2, 0.25) is 0 Å². The van der Waals surface area contributed by atoms with Crippen LogP contribution in [0.1, 0.15) is 28.9 Å². The van der Waals surface area contributed by atoms with Crippen LogP contribution in [0, 0.1) is 0 Å². The van der Waals surface area contributed by atoms with E-state index in [-0.39, 0.29) is 11.9 Å². The molecular formula is C22H27N4O4+. The van der Waals surface area contributed by atoms with Crippen molar-refractivity contribution < 1.29 is 14.4 Å². The minimum absolute atomic E-state index is 0.0605. The molecule has 0 spiro atoms. The molecule has 3 N–H and O–H groups in total. The first-order valence-corrected chi connectivity index (χ1v) is 9.84. The number of nitrogens with one attached hydrogen (secondary N) is 3. The van der Waals surface area contributed by atoms with Gasteiger partial charge in [-0.05, 0) is 49.4 Å². The fraction of sp³-hybridized carbons (Fsp3) is 0.318. The number of rotatable bonds is 7. The number of carbonyl (C=O) groups is 1. The largest absolute Gasteiger partial charge is 0.497 e. The molecule has 0 unspecified atom stereocenters. The smallest absolute Gasteiger partial charge is 0.316 e. The van der Waals surface area contributed by atoms with Gasteiger partial charge in [0.15, 0.2) is 0 Å². The number of methoxy groups -OCH3 is 1. The molecule has 158 valence electrons. The number of hydrogen-bond donors (Lipinski definition) is 3. The van der Waals surface area contributed by atoms with Crippen molar-refractivity contribution in [2.45, 2.75) is 19.5 Å². The number of amides is 1. The lowest BCUT2D eigenvalue weighted by atomic mass is 10.1. The number of benzene rings is 2. The van der Waals surface area contributed by atoms with Gasteiger partial charge in [0.2, 0.25) is 0 Å². The van der Waals surface area contributed by atoms with Gasteiger partial charge < -0.3 is 24.5 Å². The van der Waals surface area contributed by atoms with Crippen LogP contribution in [0.4, 0.5) is 0 Å². The summed E-state index contributed by atoms with van der Waals surface area (Å²) >= 11 is 0. The summed E-state index contributed by atoms with van der Waals surface area (Å²) in [4.78, 5) is 40.4. The van der Waals surface area contributed by atoms with Crippen LogP contribution in [-0.4, -0.2) is 43.2 Å². The Bertz CT molecular complexity index is 1160. The second kappa shape index (κ2) is 8.96. The van der Waals surface area contributed by atoms with Gasteiger partial charge in [-0.2, -0.15) is 0 Å². The summed E-state index contributed by atoms with van der Waals surface area (Å²) in [6.45, 7) is 2.61. The first-order valence-electron chi connectivity index (χ1n) is 9.84. The molecule has 0 fully saturated rings. The van der Waals surface area contributed by atoms with Crippen LogP contribution in [0.3, 0.4) is 0 Å². The molecule has 0 aliphatic rings. The van der Waals surface area contributed by atoms with Gasteiger partial charge in [0.05, 0.1) is 38.8 Å². The average Bonchev–Trinajstić information content (AvgIpc) is 2.74. The molecule has 8 nitrogen and oxygen atoms in total. The average molecular weight is 411 g/mol. The van der Waals surface area contributed by atoms with E-state index in [1.807, 2.05) is 38.4 Å². The molecule has 2 aromatic carbocycles. The fourth-order valence-electron chi connectivity index (χ4n) is 3.52. The Labute approximate surface area is 174 Å². The Hall–Kier alpha value is -3.39. The van der Waals surface area contributed by atoms with Gasteiger partial charge in [-0.15, -0.1) is 0 Å². The molecule has 8 heteroatoms. The molecule has 0 aliphatic heterocycles. The van der Waals surface area contributed by atoms with Gasteiger partial charge in [-0.3, -0.25) is 14.4 Å². The van der Waals surface area contributed by atoms with Gasteiger partial charge in [-0.25, -0.2) is 0 Å². The molecule has 0 aliphatic carbocycles. The number of quaternary nitrogens is 1. The number of carbonyl (C=O) groups excluding carboxylic acids is 1. The van der Waals surface area contributed by atoms with E-state index in [1.165, 1.54) is 9.47 Å². The highest BCUT2D eigenvalue weighted by Gasteiger charge is 2.19. The topological polar surface area (TPSA) is 97.6 Å². The standard InChI is InChI=1S/C22H26N4O4/c1-5-26-18-11-8-15(12-17(18)24-21(28)22(26)29)20(27)23-13-19(25(2)3)14-6-9-16(30-4)10-7-14/h6-12,19H,5,13H2,1-4H3,(H,23,27)(H,24,28)/p+1/t19-/m0/s1. The number of fused-ring (bicyclic) bond motifs is 1. The zero-order chi connectivity index (χ0) is 21.8. The molecule has 0 bridgehead atoms. The molecule has 30 heavy (non-hydrogen) atoms. The zero-order valence-electron chi connectivity index (χ0n) is 17.6. The SMILES string of the molecule is CCn1c(=O)c(=O)[nH]c2cc(C(=O)NC[C@@H](c3ccc(OC)cc3)[NH+](C)C)ccc21. The highest BCUT2D eigenvalue weighted by Crippen LogP contribution is 2.16. The summed E-state index contributed by atoms with van der Waals surface area (Å²) in [6.07, 6.45) is 0. The quantitative estimate of drug-likeness (QED) is 0.488. The zero-order valence-corrected chi connectivity index (χ0v) is 17.6. The second-order valence-electron chi connectivity index (χ2n) is 7.35. The normalized spacial score (nSPS) is 12.2. The number of aryl methyl sites for hydroxylation is 1. The van der Waals surface area contributed by atoms with Crippen molar-refractivity contribution in [1.29, 1.82) is 0 Å². The number of H-pyrrole nitrogens is 1. The monoisotopic (exact) mass is 411 g/mol. The van der Waals surface area contributed by atoms with Crippen molar-refractivity contribution >= 4 is 16.9 Å². The molecule has 0 saturated heterocycles. The summed E-state index contributed by atoms with van der Waals surface area (Å²) in [6, 6.07) is 12.8. The summed E-state index contributed by atoms with van der Waals surface area (Å²) in [5, 5.41) is 2.98. The molecule has 1 amide bonds. The van der Waals surface area contributed by atoms with Crippen LogP contribution in [0.25, 0.3) is 11.0 Å². The van der Waals surface area contributed by atoms with E-state index in [4.69, 9.17) is 4.74 Å². The van der Waals surface area contributed by atoms with Gasteiger partial charge >= 0.3 is 11.1 Å². The van der Waals surface area contributed by atoms with Crippen molar-refractivity contribution in [3.05, 3.63) is 74.3 Å². The second-order valence-corrected chi connectivity index (χ2v) is 7.35. The van der Waals surface area contributed by atoms with E-state index in [0.29, 0.717) is 29.7 Å². The van der Waals surface area contributed by atoms with Crippen molar-refractivity contribution in [2.24, 2.45) is 0 Å². The lowest BCUT2D eigenvalue weighted by Crippen LogP contribution is -3.07. The maximum Gasteiger partial charge on any atom is 0.316 e. The summed E-state index contributed by atoms with van der Waals surface area (Å²) in [7, 11) is 5.69. The predicted octanol–water partition coefficient (Wildman–Crippen LogP) is 0.334. The van der Waals surface area contributed by atoms with Crippen LogP contribution in [0.5, 0.6) is 5.75 Å². The number of hydrogen-bond acceptors (Lipinski definition) is 4. The third kappa shape index (κ3) is 4.28. The molecule has 3 aromatic rings. The fourth-order valence-corrected chi connectivity index (χ4v) is 3.52. The van der Waals surface area contributed by atoms with E-state index >= 15 is 0 Å². The molecule has 0 saturated carbocycles. The Morgan fingerprint density at radius 2 is 1.87 bits per heavy atom. The maximum absolute atomic E-state index is 12.8. The summed E-state index contributed by atoms with van der Waals surface area (Å²) < 4.78 is 6.60. The highest BCUT2D eigenvalue weighted by molar-refractivity contribution is 5.97. The predicted molar refractivity (Wildman–Crippen MR) is 115 cm³/mol. The Morgan fingerprint density at radius 3 is 2.47 bits per heavy atom. The van der Waals surface area contributed by atoms with Crippen molar-refractivity contribution in [3.63, 3.8) is 0 Å². The summed E-state index contributed by atoms with van der Waals surface area (Å²) in [5.74, 6) is 0.540. The van der Waals surface area contributed by atoms with Crippen molar-refractivity contribution in [1.82, 2.24) is 14.9 Å². The highest BCUT2D eigenvalue weighted by atomic mass is 16.5. The van der Waals surface area contributed by atoms with Crippen LogP contribution in [0.15, 0.2) is 52.1 Å². The molecular weight excluding hydrogens is 384 g/mol. The minimum atomic E-state index is -0.697. The Kier molecular flexibility index (Phi) is 6.37. The number of aromatic amines is 1. The van der Waals surface area contributed by atoms with Crippen molar-refractivity contribution in [2.75, 3.05) is 27.7 Å². The van der Waals surface area contributed by atoms with Gasteiger partial charge in [-0.1, -0.05) is 0 Å².